The predicted octanol–water partition coefficient (Wildman–Crippen LogP) is 3.15. The second-order valence-corrected chi connectivity index (χ2v) is 7.81. The highest BCUT2D eigenvalue weighted by Gasteiger charge is 2.14. The molecule has 4 aromatic rings. The number of nitrogens with two attached hydrogens (primary N) is 1. The van der Waals surface area contributed by atoms with E-state index < -0.39 is 0 Å². The summed E-state index contributed by atoms with van der Waals surface area (Å²) in [7, 11) is 7.74. The Bertz CT molecular complexity index is 1220. The predicted molar refractivity (Wildman–Crippen MR) is 129 cm³/mol. The highest BCUT2D eigenvalue weighted by molar-refractivity contribution is 5.80. The molecule has 4 rings (SSSR count). The van der Waals surface area contributed by atoms with Crippen LogP contribution in [0.25, 0.3) is 16.7 Å². The average Bonchev–Trinajstić information content (AvgIpc) is 3.22. The van der Waals surface area contributed by atoms with E-state index in [1.807, 2.05) is 69.8 Å². The Labute approximate surface area is 187 Å². The number of rotatable bonds is 8. The molecule has 3 N–H and O–H groups in total. The number of methoxy groups -OCH3 is 1. The first-order valence-electron chi connectivity index (χ1n) is 10.3. The van der Waals surface area contributed by atoms with Crippen LogP contribution in [0.5, 0.6) is 5.75 Å². The number of para-hydroxylation sites is 1. The smallest absolute Gasteiger partial charge is 0.229 e. The van der Waals surface area contributed by atoms with Crippen LogP contribution in [0.4, 0.5) is 23.0 Å². The standard InChI is InChI=1S/C23H28N8O/c1-29(2)11-12-30(3)20-14-21(32-4)18(13-17(20)24)27-23-25-10-9-22(28-23)31-19-8-6-5-7-16(19)15-26-31/h5-10,13-15H,11-12,24H2,1-4H3,(H,25,27,28). The van der Waals surface area contributed by atoms with Gasteiger partial charge in [0, 0.05) is 43.9 Å². The lowest BCUT2D eigenvalue weighted by molar-refractivity contribution is 0.413. The molecule has 2 heterocycles. The number of fused-ring (bicyclic) bond motifs is 1. The summed E-state index contributed by atoms with van der Waals surface area (Å²) in [6.45, 7) is 1.76. The van der Waals surface area contributed by atoms with E-state index in [-0.39, 0.29) is 0 Å². The Morgan fingerprint density at radius 1 is 1.09 bits per heavy atom. The summed E-state index contributed by atoms with van der Waals surface area (Å²) >= 11 is 0. The fourth-order valence-electron chi connectivity index (χ4n) is 3.46. The molecule has 9 heteroatoms. The minimum absolute atomic E-state index is 0.425. The molecule has 2 aromatic carbocycles. The molecule has 0 spiro atoms. The Balaban J connectivity index is 1.61. The molecule has 166 valence electrons. The molecule has 0 bridgehead atoms. The van der Waals surface area contributed by atoms with Crippen LogP contribution >= 0.6 is 0 Å². The van der Waals surface area contributed by atoms with Crippen LogP contribution in [-0.4, -0.2) is 66.0 Å². The van der Waals surface area contributed by atoms with Gasteiger partial charge in [-0.3, -0.25) is 0 Å². The molecule has 0 saturated carbocycles. The Morgan fingerprint density at radius 2 is 1.91 bits per heavy atom. The van der Waals surface area contributed by atoms with Gasteiger partial charge in [0.05, 0.1) is 35.9 Å². The fourth-order valence-corrected chi connectivity index (χ4v) is 3.46. The van der Waals surface area contributed by atoms with E-state index >= 15 is 0 Å². The molecule has 0 aliphatic rings. The molecule has 9 nitrogen and oxygen atoms in total. The van der Waals surface area contributed by atoms with Crippen molar-refractivity contribution in [1.82, 2.24) is 24.6 Å². The molecule has 0 aliphatic carbocycles. The van der Waals surface area contributed by atoms with Crippen molar-refractivity contribution in [2.24, 2.45) is 0 Å². The average molecular weight is 433 g/mol. The van der Waals surface area contributed by atoms with Gasteiger partial charge >= 0.3 is 0 Å². The first-order valence-corrected chi connectivity index (χ1v) is 10.3. The zero-order valence-electron chi connectivity index (χ0n) is 18.8. The van der Waals surface area contributed by atoms with Gasteiger partial charge in [0.2, 0.25) is 5.95 Å². The minimum atomic E-state index is 0.425. The number of aromatic nitrogens is 4. The maximum atomic E-state index is 6.37. The van der Waals surface area contributed by atoms with Gasteiger partial charge in [0.15, 0.2) is 5.82 Å². The number of nitrogen functional groups attached to an aromatic ring is 1. The van der Waals surface area contributed by atoms with Gasteiger partial charge in [-0.2, -0.15) is 10.1 Å². The molecule has 0 unspecified atom stereocenters. The third-order valence-corrected chi connectivity index (χ3v) is 5.22. The van der Waals surface area contributed by atoms with E-state index in [4.69, 9.17) is 10.5 Å². The van der Waals surface area contributed by atoms with Gasteiger partial charge in [0.1, 0.15) is 5.75 Å². The molecule has 0 saturated heterocycles. The van der Waals surface area contributed by atoms with Gasteiger partial charge in [-0.05, 0) is 26.2 Å². The Kier molecular flexibility index (Phi) is 6.09. The number of anilines is 4. The maximum Gasteiger partial charge on any atom is 0.229 e. The van der Waals surface area contributed by atoms with Crippen molar-refractivity contribution in [3.05, 3.63) is 54.9 Å². The SMILES string of the molecule is COc1cc(N(C)CCN(C)C)c(N)cc1Nc1nccc(-n2ncc3ccccc32)n1. The lowest BCUT2D eigenvalue weighted by Gasteiger charge is -2.24. The van der Waals surface area contributed by atoms with Crippen LogP contribution in [0.3, 0.4) is 0 Å². The van der Waals surface area contributed by atoms with Gasteiger partial charge in [-0.15, -0.1) is 0 Å². The molecular weight excluding hydrogens is 404 g/mol. The van der Waals surface area contributed by atoms with Crippen molar-refractivity contribution in [2.75, 3.05) is 57.3 Å². The zero-order chi connectivity index (χ0) is 22.7. The van der Waals surface area contributed by atoms with Crippen LogP contribution in [0.15, 0.2) is 54.9 Å². The van der Waals surface area contributed by atoms with Gasteiger partial charge in [-0.25, -0.2) is 9.67 Å². The van der Waals surface area contributed by atoms with E-state index in [2.05, 4.69) is 30.2 Å². The van der Waals surface area contributed by atoms with E-state index in [1.165, 1.54) is 0 Å². The highest BCUT2D eigenvalue weighted by Crippen LogP contribution is 2.36. The Morgan fingerprint density at radius 3 is 2.69 bits per heavy atom. The molecule has 0 radical (unpaired) electrons. The number of nitrogens with zero attached hydrogens (tertiary/aromatic N) is 6. The first kappa shape index (κ1) is 21.4. The summed E-state index contributed by atoms with van der Waals surface area (Å²) < 4.78 is 7.41. The molecule has 0 atom stereocenters. The summed E-state index contributed by atoms with van der Waals surface area (Å²) in [6, 6.07) is 13.6. The second-order valence-electron chi connectivity index (χ2n) is 7.81. The highest BCUT2D eigenvalue weighted by atomic mass is 16.5. The van der Waals surface area contributed by atoms with Crippen molar-refractivity contribution in [3.8, 4) is 11.6 Å². The first-order chi connectivity index (χ1) is 15.5. The number of ether oxygens (including phenoxy) is 1. The summed E-state index contributed by atoms with van der Waals surface area (Å²) in [5.41, 5.74) is 9.59. The quantitative estimate of drug-likeness (QED) is 0.410. The van der Waals surface area contributed by atoms with Crippen LogP contribution < -0.4 is 20.7 Å². The normalized spacial score (nSPS) is 11.2. The van der Waals surface area contributed by atoms with Gasteiger partial charge < -0.3 is 25.6 Å². The maximum absolute atomic E-state index is 6.37. The number of hydrogen-bond acceptors (Lipinski definition) is 8. The van der Waals surface area contributed by atoms with Crippen molar-refractivity contribution >= 4 is 33.9 Å². The molecule has 0 amide bonds. The third kappa shape index (κ3) is 4.42. The van der Waals surface area contributed by atoms with Crippen LogP contribution in [0.1, 0.15) is 0 Å². The van der Waals surface area contributed by atoms with Crippen molar-refractivity contribution in [1.29, 1.82) is 0 Å². The largest absolute Gasteiger partial charge is 0.494 e. The number of benzene rings is 2. The van der Waals surface area contributed by atoms with Gasteiger partial charge in [0.25, 0.3) is 0 Å². The lowest BCUT2D eigenvalue weighted by Crippen LogP contribution is -2.29. The van der Waals surface area contributed by atoms with E-state index in [0.29, 0.717) is 28.9 Å². The van der Waals surface area contributed by atoms with Crippen molar-refractivity contribution in [2.45, 2.75) is 0 Å². The van der Waals surface area contributed by atoms with Crippen LogP contribution in [-0.2, 0) is 0 Å². The van der Waals surface area contributed by atoms with E-state index in [9.17, 15) is 0 Å². The zero-order valence-corrected chi connectivity index (χ0v) is 18.8. The van der Waals surface area contributed by atoms with Crippen LogP contribution in [0.2, 0.25) is 0 Å². The van der Waals surface area contributed by atoms with Gasteiger partial charge in [-0.1, -0.05) is 18.2 Å². The molecular formula is C23H28N8O. The van der Waals surface area contributed by atoms with Crippen molar-refractivity contribution < 1.29 is 4.74 Å². The van der Waals surface area contributed by atoms with Crippen LogP contribution in [0, 0.1) is 0 Å². The molecule has 0 fully saturated rings. The molecule has 32 heavy (non-hydrogen) atoms. The van der Waals surface area contributed by atoms with E-state index in [0.717, 1.165) is 29.7 Å². The fraction of sp³-hybridized carbons (Fsp3) is 0.261. The third-order valence-electron chi connectivity index (χ3n) is 5.22. The topological polar surface area (TPSA) is 97.4 Å². The summed E-state index contributed by atoms with van der Waals surface area (Å²) in [5.74, 6) is 1.74. The molecule has 0 aliphatic heterocycles. The number of nitrogens with one attached hydrogen (secondary N) is 1. The second kappa shape index (κ2) is 9.11. The molecule has 2 aromatic heterocycles. The number of hydrogen-bond donors (Lipinski definition) is 2. The monoisotopic (exact) mass is 432 g/mol. The van der Waals surface area contributed by atoms with Crippen molar-refractivity contribution in [3.63, 3.8) is 0 Å². The lowest BCUT2D eigenvalue weighted by atomic mass is 10.2. The minimum Gasteiger partial charge on any atom is -0.494 e. The number of likely N-dealkylation sites (N-methyl/N-ethyl adjacent to an activating group) is 2. The summed E-state index contributed by atoms with van der Waals surface area (Å²) in [5, 5.41) is 8.75. The summed E-state index contributed by atoms with van der Waals surface area (Å²) in [6.07, 6.45) is 3.51. The van der Waals surface area contributed by atoms with E-state index in [1.54, 1.807) is 18.0 Å². The Hall–Kier alpha value is -3.85. The summed E-state index contributed by atoms with van der Waals surface area (Å²) in [4.78, 5) is 13.2.